The van der Waals surface area contributed by atoms with E-state index < -0.39 is 6.10 Å². The summed E-state index contributed by atoms with van der Waals surface area (Å²) in [6.07, 6.45) is 1.29. The summed E-state index contributed by atoms with van der Waals surface area (Å²) >= 11 is 11.9. The summed E-state index contributed by atoms with van der Waals surface area (Å²) in [5.41, 5.74) is 6.52. The molecule has 0 bridgehead atoms. The zero-order chi connectivity index (χ0) is 23.1. The van der Waals surface area contributed by atoms with Crippen LogP contribution in [0.15, 0.2) is 36.4 Å². The second-order valence-corrected chi connectivity index (χ2v) is 8.79. The van der Waals surface area contributed by atoms with Crippen molar-refractivity contribution in [2.75, 3.05) is 45.6 Å². The smallest absolute Gasteiger partial charge is 0.255 e. The molecule has 1 atom stereocenters. The first-order chi connectivity index (χ1) is 15.4. The van der Waals surface area contributed by atoms with Crippen molar-refractivity contribution in [2.24, 2.45) is 5.92 Å². The van der Waals surface area contributed by atoms with Crippen molar-refractivity contribution in [2.45, 2.75) is 18.9 Å². The Kier molecular flexibility index (Phi) is 8.87. The highest BCUT2D eigenvalue weighted by Crippen LogP contribution is 2.29. The van der Waals surface area contributed by atoms with Crippen LogP contribution < -0.4 is 20.5 Å². The van der Waals surface area contributed by atoms with Gasteiger partial charge >= 0.3 is 0 Å². The van der Waals surface area contributed by atoms with Crippen LogP contribution in [0.2, 0.25) is 10.0 Å². The fourth-order valence-corrected chi connectivity index (χ4v) is 3.98. The van der Waals surface area contributed by atoms with Gasteiger partial charge < -0.3 is 30.5 Å². The van der Waals surface area contributed by atoms with E-state index in [9.17, 15) is 9.90 Å². The number of ether oxygens (including phenoxy) is 2. The second-order valence-electron chi connectivity index (χ2n) is 7.95. The molecule has 174 valence electrons. The highest BCUT2D eigenvalue weighted by atomic mass is 35.5. The number of halogens is 2. The summed E-state index contributed by atoms with van der Waals surface area (Å²) < 4.78 is 10.9. The summed E-state index contributed by atoms with van der Waals surface area (Å²) in [5, 5.41) is 14.2. The van der Waals surface area contributed by atoms with E-state index in [0.717, 1.165) is 25.9 Å². The first-order valence-electron chi connectivity index (χ1n) is 10.6. The van der Waals surface area contributed by atoms with Gasteiger partial charge in [0.15, 0.2) is 0 Å². The lowest BCUT2D eigenvalue weighted by atomic mass is 9.96. The standard InChI is InChI=1S/C23H29Cl2N3O4/c1-31-22-11-21(26)20(25)10-19(22)23(30)27-12-15-6-8-28(9-7-15)13-17(29)14-32-18-4-2-16(24)3-5-18/h2-5,10-11,15,17,29H,6-9,12-14,26H2,1H3,(H,27,30). The number of likely N-dealkylation sites (tertiary alicyclic amines) is 1. The van der Waals surface area contributed by atoms with E-state index in [1.165, 1.54) is 13.2 Å². The van der Waals surface area contributed by atoms with Gasteiger partial charge in [0.2, 0.25) is 0 Å². The number of hydrogen-bond donors (Lipinski definition) is 3. The minimum absolute atomic E-state index is 0.226. The Morgan fingerprint density at radius 1 is 1.25 bits per heavy atom. The van der Waals surface area contributed by atoms with Crippen molar-refractivity contribution < 1.29 is 19.4 Å². The summed E-state index contributed by atoms with van der Waals surface area (Å²) in [6, 6.07) is 10.2. The third kappa shape index (κ3) is 6.90. The highest BCUT2D eigenvalue weighted by molar-refractivity contribution is 6.33. The SMILES string of the molecule is COc1cc(N)c(Cl)cc1C(=O)NCC1CCN(CC(O)COc2ccc(Cl)cc2)CC1. The van der Waals surface area contributed by atoms with E-state index in [0.29, 0.717) is 51.8 Å². The lowest BCUT2D eigenvalue weighted by Gasteiger charge is -2.33. The first kappa shape index (κ1) is 24.5. The van der Waals surface area contributed by atoms with Gasteiger partial charge in [-0.25, -0.2) is 0 Å². The summed E-state index contributed by atoms with van der Waals surface area (Å²) in [6.45, 7) is 3.06. The number of carbonyl (C=O) groups excluding carboxylic acids is 1. The molecule has 0 spiro atoms. The summed E-state index contributed by atoms with van der Waals surface area (Å²) in [5.74, 6) is 1.21. The van der Waals surface area contributed by atoms with E-state index in [1.54, 1.807) is 30.3 Å². The van der Waals surface area contributed by atoms with Crippen LogP contribution in [0.3, 0.4) is 0 Å². The fraction of sp³-hybridized carbons (Fsp3) is 0.435. The number of nitrogens with zero attached hydrogens (tertiary/aromatic N) is 1. The van der Waals surface area contributed by atoms with Crippen molar-refractivity contribution in [3.8, 4) is 11.5 Å². The molecule has 0 aliphatic carbocycles. The van der Waals surface area contributed by atoms with Crippen LogP contribution in [0.4, 0.5) is 5.69 Å². The van der Waals surface area contributed by atoms with Crippen LogP contribution in [0, 0.1) is 5.92 Å². The summed E-state index contributed by atoms with van der Waals surface area (Å²) in [7, 11) is 1.49. The minimum atomic E-state index is -0.579. The normalized spacial score (nSPS) is 15.9. The van der Waals surface area contributed by atoms with E-state index in [4.69, 9.17) is 38.4 Å². The quantitative estimate of drug-likeness (QED) is 0.474. The monoisotopic (exact) mass is 481 g/mol. The van der Waals surface area contributed by atoms with Crippen LogP contribution in [0.1, 0.15) is 23.2 Å². The number of amides is 1. The van der Waals surface area contributed by atoms with Crippen molar-refractivity contribution in [3.05, 3.63) is 52.0 Å². The minimum Gasteiger partial charge on any atom is -0.496 e. The number of hydrogen-bond acceptors (Lipinski definition) is 6. The lowest BCUT2D eigenvalue weighted by molar-refractivity contribution is 0.0548. The van der Waals surface area contributed by atoms with Gasteiger partial charge in [-0.05, 0) is 62.2 Å². The Hall–Kier alpha value is -2.19. The van der Waals surface area contributed by atoms with E-state index in [-0.39, 0.29) is 12.5 Å². The average Bonchev–Trinajstić information content (AvgIpc) is 2.79. The van der Waals surface area contributed by atoms with Crippen molar-refractivity contribution >= 4 is 34.8 Å². The van der Waals surface area contributed by atoms with E-state index >= 15 is 0 Å². The van der Waals surface area contributed by atoms with E-state index in [1.807, 2.05) is 0 Å². The number of nitrogens with one attached hydrogen (secondary N) is 1. The van der Waals surface area contributed by atoms with Gasteiger partial charge in [-0.1, -0.05) is 23.2 Å². The Balaban J connectivity index is 1.39. The molecule has 1 aliphatic rings. The molecular weight excluding hydrogens is 453 g/mol. The van der Waals surface area contributed by atoms with Crippen LogP contribution in [-0.2, 0) is 0 Å². The number of benzene rings is 2. The largest absolute Gasteiger partial charge is 0.496 e. The molecule has 1 aliphatic heterocycles. The second kappa shape index (κ2) is 11.6. The molecule has 1 amide bonds. The molecule has 1 fully saturated rings. The maximum atomic E-state index is 12.6. The fourth-order valence-electron chi connectivity index (χ4n) is 3.69. The number of nitrogens with two attached hydrogens (primary N) is 1. The molecule has 1 unspecified atom stereocenters. The number of methoxy groups -OCH3 is 1. The zero-order valence-electron chi connectivity index (χ0n) is 18.0. The van der Waals surface area contributed by atoms with Crippen LogP contribution in [0.5, 0.6) is 11.5 Å². The number of nitrogen functional groups attached to an aromatic ring is 1. The molecule has 0 aromatic heterocycles. The lowest BCUT2D eigenvalue weighted by Crippen LogP contribution is -2.42. The number of aliphatic hydroxyl groups is 1. The number of carbonyl (C=O) groups is 1. The van der Waals surface area contributed by atoms with Crippen molar-refractivity contribution in [1.29, 1.82) is 0 Å². The molecule has 3 rings (SSSR count). The maximum Gasteiger partial charge on any atom is 0.255 e. The molecule has 32 heavy (non-hydrogen) atoms. The molecule has 2 aromatic carbocycles. The molecule has 1 heterocycles. The topological polar surface area (TPSA) is 97.0 Å². The third-order valence-corrected chi connectivity index (χ3v) is 6.13. The Bertz CT molecular complexity index is 903. The van der Waals surface area contributed by atoms with Gasteiger partial charge in [0.1, 0.15) is 24.2 Å². The molecule has 7 nitrogen and oxygen atoms in total. The molecule has 0 saturated carbocycles. The molecule has 9 heteroatoms. The average molecular weight is 482 g/mol. The Morgan fingerprint density at radius 3 is 2.59 bits per heavy atom. The summed E-state index contributed by atoms with van der Waals surface area (Å²) in [4.78, 5) is 14.8. The zero-order valence-corrected chi connectivity index (χ0v) is 19.5. The number of rotatable bonds is 9. The number of anilines is 1. The number of β-amino-alcohol motifs (C(OH)–C–C–N with tert-alkyl or cyclic N) is 1. The van der Waals surface area contributed by atoms with Crippen molar-refractivity contribution in [1.82, 2.24) is 10.2 Å². The van der Waals surface area contributed by atoms with Gasteiger partial charge in [0.05, 0.1) is 23.4 Å². The first-order valence-corrected chi connectivity index (χ1v) is 11.3. The Labute approximate surface area is 198 Å². The number of aliphatic hydroxyl groups excluding tert-OH is 1. The molecular formula is C23H29Cl2N3O4. The van der Waals surface area contributed by atoms with Crippen LogP contribution >= 0.6 is 23.2 Å². The molecule has 0 radical (unpaired) electrons. The molecule has 2 aromatic rings. The third-order valence-electron chi connectivity index (χ3n) is 5.55. The number of piperidine rings is 1. The predicted molar refractivity (Wildman–Crippen MR) is 127 cm³/mol. The highest BCUT2D eigenvalue weighted by Gasteiger charge is 2.23. The van der Waals surface area contributed by atoms with Crippen molar-refractivity contribution in [3.63, 3.8) is 0 Å². The maximum absolute atomic E-state index is 12.6. The van der Waals surface area contributed by atoms with Crippen LogP contribution in [0.25, 0.3) is 0 Å². The molecule has 4 N–H and O–H groups in total. The molecule has 1 saturated heterocycles. The van der Waals surface area contributed by atoms with Gasteiger partial charge in [-0.2, -0.15) is 0 Å². The van der Waals surface area contributed by atoms with Crippen LogP contribution in [-0.4, -0.2) is 61.9 Å². The van der Waals surface area contributed by atoms with Gasteiger partial charge in [-0.3, -0.25) is 4.79 Å². The van der Waals surface area contributed by atoms with Gasteiger partial charge in [-0.15, -0.1) is 0 Å². The predicted octanol–water partition coefficient (Wildman–Crippen LogP) is 3.47. The van der Waals surface area contributed by atoms with E-state index in [2.05, 4.69) is 10.2 Å². The van der Waals surface area contributed by atoms with Gasteiger partial charge in [0, 0.05) is 24.2 Å². The van der Waals surface area contributed by atoms with Gasteiger partial charge in [0.25, 0.3) is 5.91 Å². The Morgan fingerprint density at radius 2 is 1.94 bits per heavy atom.